The van der Waals surface area contributed by atoms with Crippen LogP contribution in [-0.4, -0.2) is 24.0 Å². The highest BCUT2D eigenvalue weighted by atomic mass is 32.1. The van der Waals surface area contributed by atoms with Gasteiger partial charge in [-0.3, -0.25) is 5.43 Å². The third-order valence-electron chi connectivity index (χ3n) is 3.65. The molecule has 1 aliphatic heterocycles. The first-order valence-electron chi connectivity index (χ1n) is 7.55. The van der Waals surface area contributed by atoms with Crippen molar-refractivity contribution in [3.05, 3.63) is 42.0 Å². The van der Waals surface area contributed by atoms with Crippen LogP contribution < -0.4 is 15.5 Å². The lowest BCUT2D eigenvalue weighted by molar-refractivity contribution is 0.393. The van der Waals surface area contributed by atoms with Gasteiger partial charge < -0.3 is 10.1 Å². The van der Waals surface area contributed by atoms with Crippen molar-refractivity contribution in [2.45, 2.75) is 19.8 Å². The van der Waals surface area contributed by atoms with Crippen LogP contribution in [0.1, 0.15) is 25.3 Å². The van der Waals surface area contributed by atoms with Gasteiger partial charge in [-0.1, -0.05) is 43.7 Å². The average molecular weight is 313 g/mol. The second-order valence-electron chi connectivity index (χ2n) is 5.23. The molecule has 22 heavy (non-hydrogen) atoms. The monoisotopic (exact) mass is 313 g/mol. The molecular weight excluding hydrogens is 294 g/mol. The van der Waals surface area contributed by atoms with E-state index in [1.165, 1.54) is 5.39 Å². The minimum atomic E-state index is 0.466. The summed E-state index contributed by atoms with van der Waals surface area (Å²) in [6.45, 7) is 3.48. The molecule has 0 aliphatic carbocycles. The molecule has 1 heterocycles. The van der Waals surface area contributed by atoms with Crippen LogP contribution in [-0.2, 0) is 0 Å². The molecule has 0 radical (unpaired) electrons. The van der Waals surface area contributed by atoms with E-state index in [2.05, 4.69) is 41.0 Å². The van der Waals surface area contributed by atoms with Crippen molar-refractivity contribution < 1.29 is 4.74 Å². The molecule has 2 N–H and O–H groups in total. The van der Waals surface area contributed by atoms with Crippen molar-refractivity contribution in [3.63, 3.8) is 0 Å². The van der Waals surface area contributed by atoms with Crippen LogP contribution >= 0.6 is 12.2 Å². The summed E-state index contributed by atoms with van der Waals surface area (Å²) < 4.78 is 5.72. The van der Waals surface area contributed by atoms with Crippen LogP contribution in [0.25, 0.3) is 10.8 Å². The van der Waals surface area contributed by atoms with Gasteiger partial charge in [-0.15, -0.1) is 0 Å². The van der Waals surface area contributed by atoms with Gasteiger partial charge in [-0.25, -0.2) is 0 Å². The van der Waals surface area contributed by atoms with Crippen LogP contribution in [0.15, 0.2) is 41.5 Å². The fourth-order valence-electron chi connectivity index (χ4n) is 2.51. The zero-order chi connectivity index (χ0) is 15.4. The van der Waals surface area contributed by atoms with Crippen molar-refractivity contribution in [3.8, 4) is 5.75 Å². The molecule has 0 saturated heterocycles. The zero-order valence-corrected chi connectivity index (χ0v) is 13.4. The quantitative estimate of drug-likeness (QED) is 0.517. The van der Waals surface area contributed by atoms with Crippen LogP contribution in [0, 0.1) is 0 Å². The van der Waals surface area contributed by atoms with E-state index in [4.69, 9.17) is 17.0 Å². The molecule has 0 unspecified atom stereocenters. The van der Waals surface area contributed by atoms with Gasteiger partial charge in [0.05, 0.1) is 5.56 Å². The first-order valence-corrected chi connectivity index (χ1v) is 7.95. The molecule has 5 heteroatoms. The van der Waals surface area contributed by atoms with Crippen LogP contribution in [0.3, 0.4) is 0 Å². The zero-order valence-electron chi connectivity index (χ0n) is 12.6. The normalized spacial score (nSPS) is 14.7. The molecule has 0 atom stereocenters. The number of nitrogens with zero attached hydrogens (tertiary/aromatic N) is 1. The summed E-state index contributed by atoms with van der Waals surface area (Å²) in [6.07, 6.45) is 2.23. The molecule has 114 valence electrons. The molecule has 4 nitrogen and oxygen atoms in total. The molecule has 0 spiro atoms. The molecule has 0 amide bonds. The van der Waals surface area contributed by atoms with Gasteiger partial charge in [-0.05, 0) is 35.5 Å². The molecule has 0 fully saturated rings. The van der Waals surface area contributed by atoms with Crippen molar-refractivity contribution in [2.24, 2.45) is 5.10 Å². The van der Waals surface area contributed by atoms with Crippen molar-refractivity contribution in [1.82, 2.24) is 10.7 Å². The standard InChI is InChI=1S/C17H19N3OS/c1-2-3-10-18-17(22)20-19-14-11-21-15-9-8-12-6-4-5-7-13(12)16(14)15/h4-9H,2-3,10-11H2,1H3,(H2,18,20,22)/b19-14-. The Morgan fingerprint density at radius 3 is 3.00 bits per heavy atom. The number of benzene rings is 2. The topological polar surface area (TPSA) is 45.7 Å². The Balaban J connectivity index is 1.80. The SMILES string of the molecule is CCCCNC(=S)N/N=C1/COc2ccc3ccccc3c21. The second-order valence-corrected chi connectivity index (χ2v) is 5.64. The Morgan fingerprint density at radius 2 is 2.14 bits per heavy atom. The third-order valence-corrected chi connectivity index (χ3v) is 3.89. The number of rotatable bonds is 4. The van der Waals surface area contributed by atoms with Gasteiger partial charge in [-0.2, -0.15) is 5.10 Å². The summed E-state index contributed by atoms with van der Waals surface area (Å²) >= 11 is 5.23. The van der Waals surface area contributed by atoms with Crippen molar-refractivity contribution in [1.29, 1.82) is 0 Å². The first kappa shape index (κ1) is 14.8. The van der Waals surface area contributed by atoms with E-state index in [1.54, 1.807) is 0 Å². The lowest BCUT2D eigenvalue weighted by Gasteiger charge is -2.07. The van der Waals surface area contributed by atoms with Crippen LogP contribution in [0.2, 0.25) is 0 Å². The number of hydrogen-bond acceptors (Lipinski definition) is 3. The Kier molecular flexibility index (Phi) is 4.53. The Bertz CT molecular complexity index is 727. The van der Waals surface area contributed by atoms with E-state index in [1.807, 2.05) is 18.2 Å². The van der Waals surface area contributed by atoms with E-state index < -0.39 is 0 Å². The number of hydrogen-bond donors (Lipinski definition) is 2. The summed E-state index contributed by atoms with van der Waals surface area (Å²) in [5, 5.41) is 10.5. The van der Waals surface area contributed by atoms with E-state index in [0.29, 0.717) is 11.7 Å². The molecule has 2 aromatic carbocycles. The summed E-state index contributed by atoms with van der Waals surface area (Å²) in [6, 6.07) is 12.3. The Labute approximate surface area is 135 Å². The van der Waals surface area contributed by atoms with Gasteiger partial charge in [0.15, 0.2) is 5.11 Å². The van der Waals surface area contributed by atoms with Gasteiger partial charge in [0.2, 0.25) is 0 Å². The third kappa shape index (κ3) is 3.04. The molecule has 0 bridgehead atoms. The maximum absolute atomic E-state index is 5.72. The molecule has 0 aromatic heterocycles. The van der Waals surface area contributed by atoms with Gasteiger partial charge in [0.25, 0.3) is 0 Å². The lowest BCUT2D eigenvalue weighted by Crippen LogP contribution is -2.33. The summed E-state index contributed by atoms with van der Waals surface area (Å²) in [4.78, 5) is 0. The number of thiocarbonyl (C=S) groups is 1. The molecule has 2 aromatic rings. The first-order chi connectivity index (χ1) is 10.8. The fraction of sp³-hybridized carbons (Fsp3) is 0.294. The number of ether oxygens (including phenoxy) is 1. The smallest absolute Gasteiger partial charge is 0.186 e. The predicted octanol–water partition coefficient (Wildman–Crippen LogP) is 3.20. The predicted molar refractivity (Wildman–Crippen MR) is 94.6 cm³/mol. The Morgan fingerprint density at radius 1 is 1.27 bits per heavy atom. The van der Waals surface area contributed by atoms with Gasteiger partial charge in [0, 0.05) is 6.54 Å². The van der Waals surface area contributed by atoms with E-state index >= 15 is 0 Å². The highest BCUT2D eigenvalue weighted by Crippen LogP contribution is 2.32. The number of nitrogens with one attached hydrogen (secondary N) is 2. The number of unbranched alkanes of at least 4 members (excludes halogenated alkanes) is 1. The minimum Gasteiger partial charge on any atom is -0.486 e. The molecule has 3 rings (SSSR count). The van der Waals surface area contributed by atoms with Crippen LogP contribution in [0.5, 0.6) is 5.75 Å². The average Bonchev–Trinajstić information content (AvgIpc) is 2.97. The molecular formula is C17H19N3OS. The highest BCUT2D eigenvalue weighted by Gasteiger charge is 2.22. The lowest BCUT2D eigenvalue weighted by atomic mass is 10.0. The summed E-state index contributed by atoms with van der Waals surface area (Å²) in [5.74, 6) is 0.879. The number of fused-ring (bicyclic) bond motifs is 3. The summed E-state index contributed by atoms with van der Waals surface area (Å²) in [7, 11) is 0. The molecule has 1 aliphatic rings. The Hall–Kier alpha value is -2.14. The van der Waals surface area contributed by atoms with Crippen LogP contribution in [0.4, 0.5) is 0 Å². The highest BCUT2D eigenvalue weighted by molar-refractivity contribution is 7.80. The van der Waals surface area contributed by atoms with Gasteiger partial charge >= 0.3 is 0 Å². The number of hydrazone groups is 1. The second kappa shape index (κ2) is 6.75. The van der Waals surface area contributed by atoms with Crippen molar-refractivity contribution >= 4 is 33.8 Å². The maximum Gasteiger partial charge on any atom is 0.186 e. The van der Waals surface area contributed by atoms with E-state index in [-0.39, 0.29) is 0 Å². The fourth-order valence-corrected chi connectivity index (χ4v) is 2.66. The van der Waals surface area contributed by atoms with E-state index in [9.17, 15) is 0 Å². The minimum absolute atomic E-state index is 0.466. The molecule has 0 saturated carbocycles. The van der Waals surface area contributed by atoms with Gasteiger partial charge in [0.1, 0.15) is 18.1 Å². The van der Waals surface area contributed by atoms with E-state index in [0.717, 1.165) is 41.8 Å². The largest absolute Gasteiger partial charge is 0.486 e. The maximum atomic E-state index is 5.72. The van der Waals surface area contributed by atoms with Crippen molar-refractivity contribution in [2.75, 3.05) is 13.2 Å². The summed E-state index contributed by atoms with van der Waals surface area (Å²) in [5.41, 5.74) is 4.86.